The summed E-state index contributed by atoms with van der Waals surface area (Å²) in [6.45, 7) is 4.68. The van der Waals surface area contributed by atoms with Gasteiger partial charge in [-0.15, -0.1) is 11.3 Å². The van der Waals surface area contributed by atoms with Gasteiger partial charge in [0.25, 0.3) is 5.91 Å². The second kappa shape index (κ2) is 8.42. The molecule has 5 heteroatoms. The maximum atomic E-state index is 12.2. The summed E-state index contributed by atoms with van der Waals surface area (Å²) >= 11 is 1.48. The molecule has 2 heterocycles. The van der Waals surface area contributed by atoms with Crippen molar-refractivity contribution in [2.45, 2.75) is 39.0 Å². The average Bonchev–Trinajstić information content (AvgIpc) is 3.05. The van der Waals surface area contributed by atoms with Crippen molar-refractivity contribution < 1.29 is 14.3 Å². The summed E-state index contributed by atoms with van der Waals surface area (Å²) in [5.74, 6) is -0.00800. The van der Waals surface area contributed by atoms with Gasteiger partial charge in [0.1, 0.15) is 0 Å². The minimum atomic E-state index is -0.00800. The number of hydrogen-bond donors (Lipinski definition) is 1. The first kappa shape index (κ1) is 17.1. The lowest BCUT2D eigenvalue weighted by Gasteiger charge is -2.22. The third-order valence-electron chi connectivity index (χ3n) is 4.17. The Morgan fingerprint density at radius 2 is 2.08 bits per heavy atom. The fourth-order valence-corrected chi connectivity index (χ4v) is 3.60. The Kier molecular flexibility index (Phi) is 6.01. The number of aryl methyl sites for hydroxylation is 1. The number of hydrogen-bond acceptors (Lipinski definition) is 4. The minimum Gasteiger partial charge on any atom is -0.381 e. The van der Waals surface area contributed by atoms with Gasteiger partial charge < -0.3 is 14.8 Å². The lowest BCUT2D eigenvalue weighted by molar-refractivity contribution is -0.0390. The van der Waals surface area contributed by atoms with Crippen LogP contribution in [0.25, 0.3) is 0 Å². The summed E-state index contributed by atoms with van der Waals surface area (Å²) in [4.78, 5) is 13.0. The number of amides is 1. The fourth-order valence-electron chi connectivity index (χ4n) is 2.75. The first-order chi connectivity index (χ1) is 11.7. The average molecular weight is 345 g/mol. The molecule has 0 radical (unpaired) electrons. The van der Waals surface area contributed by atoms with Crippen LogP contribution < -0.4 is 5.32 Å². The number of benzene rings is 1. The Balaban J connectivity index is 1.51. The molecule has 1 saturated heterocycles. The van der Waals surface area contributed by atoms with Crippen molar-refractivity contribution in [2.24, 2.45) is 0 Å². The first-order valence-corrected chi connectivity index (χ1v) is 9.20. The molecule has 2 aromatic rings. The van der Waals surface area contributed by atoms with Crippen molar-refractivity contribution in [1.82, 2.24) is 5.32 Å². The van der Waals surface area contributed by atoms with Crippen molar-refractivity contribution in [3.05, 3.63) is 57.3 Å². The van der Waals surface area contributed by atoms with Crippen LogP contribution in [0.1, 0.15) is 39.2 Å². The van der Waals surface area contributed by atoms with Crippen LogP contribution in [-0.4, -0.2) is 25.2 Å². The van der Waals surface area contributed by atoms with Crippen LogP contribution in [0, 0.1) is 6.92 Å². The molecule has 128 valence electrons. The Morgan fingerprint density at radius 3 is 2.83 bits per heavy atom. The minimum absolute atomic E-state index is 0.00800. The van der Waals surface area contributed by atoms with E-state index in [1.807, 2.05) is 30.5 Å². The highest BCUT2D eigenvalue weighted by atomic mass is 32.1. The van der Waals surface area contributed by atoms with Crippen molar-refractivity contribution >= 4 is 17.2 Å². The number of carbonyl (C=O) groups is 1. The van der Waals surface area contributed by atoms with Crippen LogP contribution in [0.2, 0.25) is 0 Å². The highest BCUT2D eigenvalue weighted by Gasteiger charge is 2.14. The third-order valence-corrected chi connectivity index (χ3v) is 5.18. The summed E-state index contributed by atoms with van der Waals surface area (Å²) in [7, 11) is 0. The van der Waals surface area contributed by atoms with E-state index < -0.39 is 0 Å². The molecule has 1 aliphatic heterocycles. The smallest absolute Gasteiger partial charge is 0.261 e. The SMILES string of the molecule is Cc1ccsc1C(=O)NCc1cccc(COC2CCOCC2)c1. The molecule has 3 rings (SSSR count). The Labute approximate surface area is 146 Å². The summed E-state index contributed by atoms with van der Waals surface area (Å²) in [5.41, 5.74) is 3.25. The molecule has 0 saturated carbocycles. The molecule has 1 aromatic carbocycles. The molecular formula is C19H23NO3S. The topological polar surface area (TPSA) is 47.6 Å². The quantitative estimate of drug-likeness (QED) is 0.869. The molecule has 0 spiro atoms. The Bertz CT molecular complexity index is 677. The largest absolute Gasteiger partial charge is 0.381 e. The van der Waals surface area contributed by atoms with Gasteiger partial charge in [-0.2, -0.15) is 0 Å². The molecule has 1 aromatic heterocycles. The molecule has 0 atom stereocenters. The number of rotatable bonds is 6. The van der Waals surface area contributed by atoms with E-state index in [1.54, 1.807) is 0 Å². The van der Waals surface area contributed by atoms with Crippen LogP contribution in [0.3, 0.4) is 0 Å². The monoisotopic (exact) mass is 345 g/mol. The molecule has 0 unspecified atom stereocenters. The molecular weight excluding hydrogens is 322 g/mol. The summed E-state index contributed by atoms with van der Waals surface area (Å²) < 4.78 is 11.3. The second-order valence-electron chi connectivity index (χ2n) is 6.06. The molecule has 1 fully saturated rings. The highest BCUT2D eigenvalue weighted by molar-refractivity contribution is 7.12. The molecule has 1 N–H and O–H groups in total. The fraction of sp³-hybridized carbons (Fsp3) is 0.421. The first-order valence-electron chi connectivity index (χ1n) is 8.32. The van der Waals surface area contributed by atoms with E-state index in [9.17, 15) is 4.79 Å². The maximum absolute atomic E-state index is 12.2. The molecule has 4 nitrogen and oxygen atoms in total. The van der Waals surface area contributed by atoms with E-state index in [2.05, 4.69) is 17.4 Å². The zero-order valence-corrected chi connectivity index (χ0v) is 14.7. The van der Waals surface area contributed by atoms with Gasteiger partial charge in [-0.1, -0.05) is 24.3 Å². The molecule has 0 bridgehead atoms. The van der Waals surface area contributed by atoms with E-state index in [4.69, 9.17) is 9.47 Å². The van der Waals surface area contributed by atoms with Crippen LogP contribution >= 0.6 is 11.3 Å². The number of carbonyl (C=O) groups excluding carboxylic acids is 1. The molecule has 1 aliphatic rings. The van der Waals surface area contributed by atoms with Crippen LogP contribution in [0.15, 0.2) is 35.7 Å². The number of ether oxygens (including phenoxy) is 2. The van der Waals surface area contributed by atoms with Gasteiger partial charge in [-0.3, -0.25) is 4.79 Å². The lowest BCUT2D eigenvalue weighted by Crippen LogP contribution is -2.23. The van der Waals surface area contributed by atoms with Gasteiger partial charge in [0.2, 0.25) is 0 Å². The lowest BCUT2D eigenvalue weighted by atomic mass is 10.1. The summed E-state index contributed by atoms with van der Waals surface area (Å²) in [6.07, 6.45) is 2.23. The van der Waals surface area contributed by atoms with Gasteiger partial charge >= 0.3 is 0 Å². The Hall–Kier alpha value is -1.69. The van der Waals surface area contributed by atoms with Gasteiger partial charge in [-0.25, -0.2) is 0 Å². The van der Waals surface area contributed by atoms with E-state index in [0.29, 0.717) is 19.3 Å². The van der Waals surface area contributed by atoms with Gasteiger partial charge in [0, 0.05) is 19.8 Å². The van der Waals surface area contributed by atoms with Crippen molar-refractivity contribution in [1.29, 1.82) is 0 Å². The van der Waals surface area contributed by atoms with Crippen LogP contribution in [0.4, 0.5) is 0 Å². The standard InChI is InChI=1S/C19H23NO3S/c1-14-7-10-24-18(14)19(21)20-12-15-3-2-4-16(11-15)13-23-17-5-8-22-9-6-17/h2-4,7,10-11,17H,5-6,8-9,12-13H2,1H3,(H,20,21). The van der Waals surface area contributed by atoms with Crippen molar-refractivity contribution in [3.63, 3.8) is 0 Å². The summed E-state index contributed by atoms with van der Waals surface area (Å²) in [5, 5.41) is 4.93. The maximum Gasteiger partial charge on any atom is 0.261 e. The second-order valence-corrected chi connectivity index (χ2v) is 6.97. The van der Waals surface area contributed by atoms with Crippen LogP contribution in [0.5, 0.6) is 0 Å². The zero-order valence-electron chi connectivity index (χ0n) is 13.9. The zero-order chi connectivity index (χ0) is 16.8. The molecule has 1 amide bonds. The summed E-state index contributed by atoms with van der Waals surface area (Å²) in [6, 6.07) is 10.2. The Morgan fingerprint density at radius 1 is 1.29 bits per heavy atom. The molecule has 0 aliphatic carbocycles. The number of thiophene rings is 1. The molecule has 24 heavy (non-hydrogen) atoms. The predicted octanol–water partition coefficient (Wildman–Crippen LogP) is 3.68. The normalized spacial score (nSPS) is 15.4. The van der Waals surface area contributed by atoms with E-state index in [-0.39, 0.29) is 5.91 Å². The van der Waals surface area contributed by atoms with E-state index >= 15 is 0 Å². The van der Waals surface area contributed by atoms with Gasteiger partial charge in [0.15, 0.2) is 0 Å². The third kappa shape index (κ3) is 4.66. The van der Waals surface area contributed by atoms with Gasteiger partial charge in [0.05, 0.1) is 17.6 Å². The highest BCUT2D eigenvalue weighted by Crippen LogP contribution is 2.16. The predicted molar refractivity (Wildman–Crippen MR) is 95.3 cm³/mol. The van der Waals surface area contributed by atoms with Crippen molar-refractivity contribution in [3.8, 4) is 0 Å². The van der Waals surface area contributed by atoms with Gasteiger partial charge in [-0.05, 0) is 47.9 Å². The van der Waals surface area contributed by atoms with E-state index in [1.165, 1.54) is 11.3 Å². The van der Waals surface area contributed by atoms with Crippen LogP contribution in [-0.2, 0) is 22.6 Å². The van der Waals surface area contributed by atoms with E-state index in [0.717, 1.165) is 47.6 Å². The van der Waals surface area contributed by atoms with Crippen molar-refractivity contribution in [2.75, 3.05) is 13.2 Å². The number of nitrogens with one attached hydrogen (secondary N) is 1.